The van der Waals surface area contributed by atoms with Crippen LogP contribution in [0.15, 0.2) is 41.6 Å². The summed E-state index contributed by atoms with van der Waals surface area (Å²) in [7, 11) is -1.24. The third-order valence-corrected chi connectivity index (χ3v) is 8.74. The number of benzene rings is 2. The molecule has 0 spiro atoms. The van der Waals surface area contributed by atoms with Crippen LogP contribution >= 0.6 is 23.2 Å². The van der Waals surface area contributed by atoms with E-state index in [1.807, 2.05) is 0 Å². The molecule has 206 valence electrons. The van der Waals surface area contributed by atoms with Crippen molar-refractivity contribution in [2.75, 3.05) is 32.9 Å². The summed E-state index contributed by atoms with van der Waals surface area (Å²) in [5.74, 6) is -2.61. The minimum Gasteiger partial charge on any atom is -0.374 e. The van der Waals surface area contributed by atoms with E-state index < -0.39 is 67.0 Å². The smallest absolute Gasteiger partial charge is 0.374 e. The molecule has 15 heteroatoms. The van der Waals surface area contributed by atoms with Gasteiger partial charge in [-0.3, -0.25) is 4.79 Å². The Labute approximate surface area is 224 Å². The first kappa shape index (κ1) is 28.5. The fraction of sp³-hybridized carbons (Fsp3) is 0.391. The van der Waals surface area contributed by atoms with Crippen LogP contribution in [0.4, 0.5) is 22.0 Å². The number of nitrogens with zero attached hydrogens (tertiary/aromatic N) is 3. The molecule has 2 heterocycles. The molecule has 2 aliphatic heterocycles. The van der Waals surface area contributed by atoms with Gasteiger partial charge in [-0.25, -0.2) is 21.5 Å². The first-order chi connectivity index (χ1) is 17.5. The number of hydrogen-bond acceptors (Lipinski definition) is 5. The zero-order valence-corrected chi connectivity index (χ0v) is 22.1. The van der Waals surface area contributed by atoms with Crippen LogP contribution in [0.25, 0.3) is 0 Å². The molecule has 4 rings (SSSR count). The second kappa shape index (κ2) is 9.61. The fourth-order valence-electron chi connectivity index (χ4n) is 4.10. The van der Waals surface area contributed by atoms with Crippen LogP contribution in [0, 0.1) is 5.82 Å². The Balaban J connectivity index is 1.50. The Hall–Kier alpha value is -2.48. The van der Waals surface area contributed by atoms with Crippen LogP contribution in [0.1, 0.15) is 23.1 Å². The number of sulfonamides is 1. The normalized spacial score (nSPS) is 21.2. The van der Waals surface area contributed by atoms with Crippen LogP contribution in [-0.2, 0) is 30.9 Å². The van der Waals surface area contributed by atoms with Crippen molar-refractivity contribution in [3.63, 3.8) is 0 Å². The summed E-state index contributed by atoms with van der Waals surface area (Å²) in [6, 6.07) is 6.95. The number of rotatable bonds is 6. The molecule has 1 atom stereocenters. The topological polar surface area (TPSA) is 79.3 Å². The second-order valence-corrected chi connectivity index (χ2v) is 12.2. The zero-order valence-electron chi connectivity index (χ0n) is 19.8. The minimum atomic E-state index is -4.98. The van der Waals surface area contributed by atoms with Crippen LogP contribution in [0.5, 0.6) is 0 Å². The lowest BCUT2D eigenvalue weighted by Gasteiger charge is -2.44. The number of oxime groups is 1. The molecule has 1 saturated heterocycles. The van der Waals surface area contributed by atoms with Gasteiger partial charge < -0.3 is 9.74 Å². The van der Waals surface area contributed by atoms with Crippen LogP contribution < -0.4 is 0 Å². The van der Waals surface area contributed by atoms with Gasteiger partial charge in [0.2, 0.25) is 15.9 Å². The lowest BCUT2D eigenvalue weighted by atomic mass is 9.85. The van der Waals surface area contributed by atoms with E-state index in [1.54, 1.807) is 0 Å². The summed E-state index contributed by atoms with van der Waals surface area (Å²) < 4.78 is 96.4. The number of alkyl halides is 4. The summed E-state index contributed by atoms with van der Waals surface area (Å²) >= 11 is 11.4. The lowest BCUT2D eigenvalue weighted by Crippen LogP contribution is -2.60. The summed E-state index contributed by atoms with van der Waals surface area (Å²) in [6.45, 7) is -0.747. The molecule has 2 aromatic rings. The highest BCUT2D eigenvalue weighted by Gasteiger charge is 2.62. The van der Waals surface area contributed by atoms with Gasteiger partial charge >= 0.3 is 6.18 Å². The van der Waals surface area contributed by atoms with Crippen molar-refractivity contribution in [2.24, 2.45) is 5.16 Å². The highest BCUT2D eigenvalue weighted by molar-refractivity contribution is 7.89. The van der Waals surface area contributed by atoms with E-state index in [0.717, 1.165) is 21.3 Å². The molecule has 1 amide bonds. The molecular formula is C23H20Cl2F5N3O4S. The number of hydrogen-bond donors (Lipinski definition) is 0. The molecule has 0 saturated carbocycles. The average molecular weight is 600 g/mol. The van der Waals surface area contributed by atoms with Crippen molar-refractivity contribution in [2.45, 2.75) is 23.9 Å². The van der Waals surface area contributed by atoms with Gasteiger partial charge in [-0.2, -0.15) is 13.2 Å². The zero-order chi connectivity index (χ0) is 28.3. The molecule has 0 aliphatic carbocycles. The SMILES string of the molecule is CN(C)S(=O)(=O)CC(=O)N1CC(F)(c2ccc(C3=NOC(c4cc(Cl)c(F)c(Cl)c4)(C(F)(F)F)C3)cc2)C1. The van der Waals surface area contributed by atoms with Crippen molar-refractivity contribution in [3.05, 3.63) is 69.0 Å². The molecule has 0 aromatic heterocycles. The van der Waals surface area contributed by atoms with E-state index in [9.17, 15) is 30.8 Å². The lowest BCUT2D eigenvalue weighted by molar-refractivity contribution is -0.275. The van der Waals surface area contributed by atoms with Crippen molar-refractivity contribution >= 4 is 44.8 Å². The van der Waals surface area contributed by atoms with E-state index in [-0.39, 0.29) is 29.9 Å². The van der Waals surface area contributed by atoms with Gasteiger partial charge in [-0.15, -0.1) is 0 Å². The number of amides is 1. The maximum absolute atomic E-state index is 15.3. The van der Waals surface area contributed by atoms with Gasteiger partial charge in [0.25, 0.3) is 5.60 Å². The van der Waals surface area contributed by atoms with Crippen LogP contribution in [0.3, 0.4) is 0 Å². The quantitative estimate of drug-likeness (QED) is 0.359. The molecule has 2 aromatic carbocycles. The number of carbonyl (C=O) groups excluding carboxylic acids is 1. The monoisotopic (exact) mass is 599 g/mol. The van der Waals surface area contributed by atoms with E-state index >= 15 is 4.39 Å². The Kier molecular flexibility index (Phi) is 7.22. The minimum absolute atomic E-state index is 0.0994. The van der Waals surface area contributed by atoms with Crippen molar-refractivity contribution in [1.82, 2.24) is 9.21 Å². The second-order valence-electron chi connectivity index (χ2n) is 9.22. The van der Waals surface area contributed by atoms with E-state index in [0.29, 0.717) is 0 Å². The molecule has 1 unspecified atom stereocenters. The Morgan fingerprint density at radius 1 is 1.11 bits per heavy atom. The highest BCUT2D eigenvalue weighted by atomic mass is 35.5. The van der Waals surface area contributed by atoms with Crippen molar-refractivity contribution in [1.29, 1.82) is 0 Å². The van der Waals surface area contributed by atoms with Gasteiger partial charge in [0.1, 0.15) is 5.75 Å². The van der Waals surface area contributed by atoms with Gasteiger partial charge in [-0.1, -0.05) is 52.6 Å². The van der Waals surface area contributed by atoms with Crippen LogP contribution in [-0.4, -0.2) is 68.4 Å². The number of likely N-dealkylation sites (tertiary alicyclic amines) is 1. The van der Waals surface area contributed by atoms with E-state index in [2.05, 4.69) is 5.16 Å². The Morgan fingerprint density at radius 2 is 1.66 bits per heavy atom. The van der Waals surface area contributed by atoms with E-state index in [1.165, 1.54) is 38.4 Å². The summed E-state index contributed by atoms with van der Waals surface area (Å²) in [6.07, 6.45) is -5.76. The van der Waals surface area contributed by atoms with Gasteiger partial charge in [-0.05, 0) is 23.3 Å². The summed E-state index contributed by atoms with van der Waals surface area (Å²) in [4.78, 5) is 18.2. The molecule has 0 radical (unpaired) electrons. The molecule has 7 nitrogen and oxygen atoms in total. The van der Waals surface area contributed by atoms with E-state index in [4.69, 9.17) is 28.0 Å². The largest absolute Gasteiger partial charge is 0.435 e. The molecule has 2 aliphatic rings. The average Bonchev–Trinajstić information content (AvgIpc) is 3.27. The molecule has 38 heavy (non-hydrogen) atoms. The molecule has 0 bridgehead atoms. The van der Waals surface area contributed by atoms with Gasteiger partial charge in [0, 0.05) is 26.1 Å². The maximum Gasteiger partial charge on any atom is 0.435 e. The fourth-order valence-corrected chi connectivity index (χ4v) is 5.34. The summed E-state index contributed by atoms with van der Waals surface area (Å²) in [5.41, 5.74) is -5.19. The predicted molar refractivity (Wildman–Crippen MR) is 130 cm³/mol. The maximum atomic E-state index is 15.3. The van der Waals surface area contributed by atoms with Gasteiger partial charge in [0.05, 0.1) is 28.8 Å². The van der Waals surface area contributed by atoms with Crippen molar-refractivity contribution in [3.8, 4) is 0 Å². The molecule has 1 fully saturated rings. The Morgan fingerprint density at radius 3 is 2.16 bits per heavy atom. The highest BCUT2D eigenvalue weighted by Crippen LogP contribution is 2.50. The third kappa shape index (κ3) is 4.96. The van der Waals surface area contributed by atoms with Gasteiger partial charge in [0.15, 0.2) is 11.5 Å². The van der Waals surface area contributed by atoms with Crippen molar-refractivity contribution < 1.29 is 40.0 Å². The Bertz CT molecular complexity index is 1390. The first-order valence-electron chi connectivity index (χ1n) is 10.9. The van der Waals surface area contributed by atoms with Crippen LogP contribution in [0.2, 0.25) is 10.0 Å². The number of carbonyl (C=O) groups is 1. The predicted octanol–water partition coefficient (Wildman–Crippen LogP) is 4.61. The third-order valence-electron chi connectivity index (χ3n) is 6.47. The number of halogens is 7. The summed E-state index contributed by atoms with van der Waals surface area (Å²) in [5, 5.41) is 2.38. The molecule has 0 N–H and O–H groups in total. The molecular weight excluding hydrogens is 580 g/mol. The standard InChI is InChI=1S/C23H20Cl2F5N3O4S/c1-32(2)38(35,36)10-19(34)33-11-21(27,12-33)14-5-3-13(4-6-14)18-9-22(37-31-18,23(28,29)30)15-7-16(24)20(26)17(25)8-15/h3-8H,9-12H2,1-2H3. The first-order valence-corrected chi connectivity index (χ1v) is 13.3.